The van der Waals surface area contributed by atoms with Crippen molar-refractivity contribution in [2.24, 2.45) is 0 Å². The van der Waals surface area contributed by atoms with Gasteiger partial charge in [-0.1, -0.05) is 52.4 Å². The molecule has 1 aromatic rings. The summed E-state index contributed by atoms with van der Waals surface area (Å²) in [4.78, 5) is 0. The molecule has 1 aromatic heterocycles. The highest BCUT2D eigenvalue weighted by Gasteiger charge is 2.07. The van der Waals surface area contributed by atoms with Crippen LogP contribution in [0.1, 0.15) is 65.2 Å². The Bertz CT molecular complexity index is 272. The summed E-state index contributed by atoms with van der Waals surface area (Å²) in [5.74, 6) is 0. The molecule has 1 heterocycles. The number of unbranched alkanes of at least 4 members (excludes halogenated alkanes) is 4. The quantitative estimate of drug-likeness (QED) is 0.579. The van der Waals surface area contributed by atoms with Crippen LogP contribution >= 0.6 is 0 Å². The van der Waals surface area contributed by atoms with Gasteiger partial charge in [0.2, 0.25) is 0 Å². The molecule has 0 amide bonds. The Labute approximate surface area is 118 Å². The molecule has 0 saturated carbocycles. The minimum absolute atomic E-state index is 0.702. The normalized spacial score (nSPS) is 11.3. The van der Waals surface area contributed by atoms with Gasteiger partial charge in [-0.2, -0.15) is 5.10 Å². The molecule has 0 spiro atoms. The molecule has 0 aromatic carbocycles. The molecule has 3 nitrogen and oxygen atoms in total. The van der Waals surface area contributed by atoms with Crippen molar-refractivity contribution >= 4 is 0 Å². The van der Waals surface area contributed by atoms with Crippen molar-refractivity contribution in [2.75, 3.05) is 6.54 Å². The van der Waals surface area contributed by atoms with E-state index in [0.717, 1.165) is 13.1 Å². The maximum Gasteiger partial charge on any atom is 0.0534 e. The Morgan fingerprint density at radius 2 is 1.74 bits per heavy atom. The van der Waals surface area contributed by atoms with Crippen molar-refractivity contribution in [2.45, 2.75) is 77.8 Å². The van der Waals surface area contributed by atoms with Crippen LogP contribution in [0.2, 0.25) is 0 Å². The van der Waals surface area contributed by atoms with E-state index in [-0.39, 0.29) is 0 Å². The summed E-state index contributed by atoms with van der Waals surface area (Å²) in [6.45, 7) is 6.56. The van der Waals surface area contributed by atoms with E-state index < -0.39 is 0 Å². The summed E-state index contributed by atoms with van der Waals surface area (Å²) in [7, 11) is 0. The van der Waals surface area contributed by atoms with Crippen LogP contribution in [0, 0.1) is 0 Å². The smallest absolute Gasteiger partial charge is 0.0534 e. The Morgan fingerprint density at radius 1 is 1.05 bits per heavy atom. The van der Waals surface area contributed by atoms with Gasteiger partial charge in [0.05, 0.1) is 6.54 Å². The molecule has 0 saturated heterocycles. The Kier molecular flexibility index (Phi) is 9.42. The molecule has 1 rings (SSSR count). The number of nitrogens with one attached hydrogen (secondary N) is 1. The Morgan fingerprint density at radius 3 is 2.26 bits per heavy atom. The van der Waals surface area contributed by atoms with Crippen LogP contribution in [0.3, 0.4) is 0 Å². The minimum Gasteiger partial charge on any atom is -0.312 e. The second kappa shape index (κ2) is 11.0. The van der Waals surface area contributed by atoms with Gasteiger partial charge in [0.25, 0.3) is 0 Å². The third kappa shape index (κ3) is 8.04. The Hall–Kier alpha value is -0.830. The highest BCUT2D eigenvalue weighted by molar-refractivity contribution is 4.78. The van der Waals surface area contributed by atoms with Crippen LogP contribution in [0.25, 0.3) is 0 Å². The third-order valence-electron chi connectivity index (χ3n) is 3.65. The van der Waals surface area contributed by atoms with E-state index >= 15 is 0 Å². The zero-order chi connectivity index (χ0) is 13.8. The van der Waals surface area contributed by atoms with Crippen LogP contribution in [0.4, 0.5) is 0 Å². The molecule has 110 valence electrons. The third-order valence-corrected chi connectivity index (χ3v) is 3.65. The lowest BCUT2D eigenvalue weighted by Gasteiger charge is -2.18. The predicted octanol–water partition coefficient (Wildman–Crippen LogP) is 4.00. The fourth-order valence-electron chi connectivity index (χ4n) is 2.45. The Balaban J connectivity index is 2.18. The second-order valence-electron chi connectivity index (χ2n) is 5.41. The molecule has 0 radical (unpaired) electrons. The first-order valence-electron chi connectivity index (χ1n) is 8.07. The molecule has 0 aliphatic rings. The van der Waals surface area contributed by atoms with Crippen molar-refractivity contribution in [1.29, 1.82) is 0 Å². The maximum atomic E-state index is 4.24. The van der Waals surface area contributed by atoms with E-state index in [4.69, 9.17) is 0 Å². The fourth-order valence-corrected chi connectivity index (χ4v) is 2.45. The highest BCUT2D eigenvalue weighted by atomic mass is 15.3. The van der Waals surface area contributed by atoms with Gasteiger partial charge in [-0.3, -0.25) is 4.68 Å². The van der Waals surface area contributed by atoms with Gasteiger partial charge in [0.15, 0.2) is 0 Å². The first kappa shape index (κ1) is 16.2. The summed E-state index contributed by atoms with van der Waals surface area (Å²) in [6.07, 6.45) is 14.6. The average molecular weight is 265 g/mol. The summed E-state index contributed by atoms with van der Waals surface area (Å²) in [5, 5.41) is 7.96. The zero-order valence-electron chi connectivity index (χ0n) is 12.8. The van der Waals surface area contributed by atoms with Crippen LogP contribution < -0.4 is 5.32 Å². The number of aromatic nitrogens is 2. The second-order valence-corrected chi connectivity index (χ2v) is 5.41. The standard InChI is InChI=1S/C16H31N3/c1-3-5-7-10-16(11-8-6-4-2)17-13-15-19-14-9-12-18-19/h9,12,14,16-17H,3-8,10-11,13,15H2,1-2H3. The molecule has 1 N–H and O–H groups in total. The van der Waals surface area contributed by atoms with Gasteiger partial charge in [-0.25, -0.2) is 0 Å². The molecule has 19 heavy (non-hydrogen) atoms. The molecule has 3 heteroatoms. The highest BCUT2D eigenvalue weighted by Crippen LogP contribution is 2.10. The van der Waals surface area contributed by atoms with Crippen LogP contribution in [0.5, 0.6) is 0 Å². The van der Waals surface area contributed by atoms with Crippen molar-refractivity contribution in [1.82, 2.24) is 15.1 Å². The fraction of sp³-hybridized carbons (Fsp3) is 0.812. The SMILES string of the molecule is CCCCCC(CCCCC)NCCn1cccn1. The molecule has 0 aliphatic carbocycles. The topological polar surface area (TPSA) is 29.9 Å². The maximum absolute atomic E-state index is 4.24. The number of hydrogen-bond donors (Lipinski definition) is 1. The monoisotopic (exact) mass is 265 g/mol. The van der Waals surface area contributed by atoms with E-state index in [0.29, 0.717) is 6.04 Å². The van der Waals surface area contributed by atoms with Crippen LogP contribution in [0.15, 0.2) is 18.5 Å². The van der Waals surface area contributed by atoms with Crippen molar-refractivity contribution in [3.05, 3.63) is 18.5 Å². The molecular formula is C16H31N3. The lowest BCUT2D eigenvalue weighted by molar-refractivity contribution is 0.404. The number of rotatable bonds is 12. The zero-order valence-corrected chi connectivity index (χ0v) is 12.8. The molecule has 0 unspecified atom stereocenters. The van der Waals surface area contributed by atoms with Gasteiger partial charge >= 0.3 is 0 Å². The van der Waals surface area contributed by atoms with Crippen molar-refractivity contribution < 1.29 is 0 Å². The summed E-state index contributed by atoms with van der Waals surface area (Å²) >= 11 is 0. The van der Waals surface area contributed by atoms with E-state index in [2.05, 4.69) is 24.3 Å². The van der Waals surface area contributed by atoms with E-state index in [1.807, 2.05) is 23.1 Å². The summed E-state index contributed by atoms with van der Waals surface area (Å²) < 4.78 is 2.00. The van der Waals surface area contributed by atoms with Crippen LogP contribution in [-0.2, 0) is 6.54 Å². The van der Waals surface area contributed by atoms with Gasteiger partial charge in [-0.15, -0.1) is 0 Å². The largest absolute Gasteiger partial charge is 0.312 e. The van der Waals surface area contributed by atoms with Crippen molar-refractivity contribution in [3.63, 3.8) is 0 Å². The number of hydrogen-bond acceptors (Lipinski definition) is 2. The molecule has 0 aliphatic heterocycles. The average Bonchev–Trinajstić information content (AvgIpc) is 2.92. The van der Waals surface area contributed by atoms with Gasteiger partial charge < -0.3 is 5.32 Å². The van der Waals surface area contributed by atoms with E-state index in [1.165, 1.54) is 51.4 Å². The van der Waals surface area contributed by atoms with E-state index in [9.17, 15) is 0 Å². The molecular weight excluding hydrogens is 234 g/mol. The van der Waals surface area contributed by atoms with Gasteiger partial charge in [0, 0.05) is 25.0 Å². The lowest BCUT2D eigenvalue weighted by Crippen LogP contribution is -2.32. The first-order valence-corrected chi connectivity index (χ1v) is 8.07. The van der Waals surface area contributed by atoms with Crippen molar-refractivity contribution in [3.8, 4) is 0 Å². The van der Waals surface area contributed by atoms with Crippen LogP contribution in [-0.4, -0.2) is 22.4 Å². The summed E-state index contributed by atoms with van der Waals surface area (Å²) in [5.41, 5.74) is 0. The minimum atomic E-state index is 0.702. The van der Waals surface area contributed by atoms with E-state index in [1.54, 1.807) is 0 Å². The molecule has 0 bridgehead atoms. The lowest BCUT2D eigenvalue weighted by atomic mass is 10.0. The predicted molar refractivity (Wildman–Crippen MR) is 82.3 cm³/mol. The number of nitrogens with zero attached hydrogens (tertiary/aromatic N) is 2. The summed E-state index contributed by atoms with van der Waals surface area (Å²) in [6, 6.07) is 2.69. The van der Waals surface area contributed by atoms with Gasteiger partial charge in [0.1, 0.15) is 0 Å². The van der Waals surface area contributed by atoms with Gasteiger partial charge in [-0.05, 0) is 18.9 Å². The first-order chi connectivity index (χ1) is 9.36. The molecule has 0 atom stereocenters. The molecule has 0 fully saturated rings.